The van der Waals surface area contributed by atoms with Crippen LogP contribution in [0.25, 0.3) is 0 Å². The van der Waals surface area contributed by atoms with E-state index in [9.17, 15) is 18.0 Å². The van der Waals surface area contributed by atoms with Crippen LogP contribution in [0, 0.1) is 11.3 Å². The van der Waals surface area contributed by atoms with Crippen LogP contribution in [-0.2, 0) is 0 Å². The number of ketones is 1. The van der Waals surface area contributed by atoms with E-state index in [-0.39, 0.29) is 28.4 Å². The number of hydrogen-bond acceptors (Lipinski definition) is 2. The van der Waals surface area contributed by atoms with Crippen LogP contribution in [0.5, 0.6) is 5.75 Å². The molecule has 98 valence electrons. The zero-order valence-corrected chi connectivity index (χ0v) is 10.0. The smallest absolute Gasteiger partial charge is 0.406 e. The molecule has 1 atom stereocenters. The minimum atomic E-state index is -4.74. The lowest BCUT2D eigenvalue weighted by molar-refractivity contribution is -0.274. The molecule has 1 saturated carbocycles. The number of halogens is 3. The van der Waals surface area contributed by atoms with Gasteiger partial charge < -0.3 is 4.74 Å². The SMILES string of the molecule is CC1(C)CC1C(=O)c1cccc(OC(F)(F)F)c1. The van der Waals surface area contributed by atoms with Crippen molar-refractivity contribution in [2.24, 2.45) is 11.3 Å². The van der Waals surface area contributed by atoms with E-state index in [0.29, 0.717) is 0 Å². The number of carbonyl (C=O) groups excluding carboxylic acids is 1. The second-order valence-corrected chi connectivity index (χ2v) is 5.19. The summed E-state index contributed by atoms with van der Waals surface area (Å²) in [6, 6.07) is 5.23. The van der Waals surface area contributed by atoms with E-state index in [4.69, 9.17) is 0 Å². The van der Waals surface area contributed by atoms with Crippen molar-refractivity contribution in [2.45, 2.75) is 26.6 Å². The van der Waals surface area contributed by atoms with Crippen LogP contribution in [0.1, 0.15) is 30.6 Å². The zero-order valence-electron chi connectivity index (χ0n) is 10.0. The van der Waals surface area contributed by atoms with E-state index in [0.717, 1.165) is 12.5 Å². The maximum Gasteiger partial charge on any atom is 0.573 e. The monoisotopic (exact) mass is 258 g/mol. The summed E-state index contributed by atoms with van der Waals surface area (Å²) in [6.45, 7) is 3.93. The lowest BCUT2D eigenvalue weighted by Gasteiger charge is -2.10. The first-order valence-corrected chi connectivity index (χ1v) is 5.59. The molecule has 0 bridgehead atoms. The molecule has 0 spiro atoms. The Morgan fingerprint density at radius 3 is 2.50 bits per heavy atom. The fourth-order valence-electron chi connectivity index (χ4n) is 1.96. The Kier molecular flexibility index (Phi) is 2.87. The Bertz CT molecular complexity index is 477. The van der Waals surface area contributed by atoms with Crippen LogP contribution in [-0.4, -0.2) is 12.1 Å². The topological polar surface area (TPSA) is 26.3 Å². The summed E-state index contributed by atoms with van der Waals surface area (Å²) in [7, 11) is 0. The van der Waals surface area contributed by atoms with E-state index in [1.54, 1.807) is 0 Å². The van der Waals surface area contributed by atoms with Gasteiger partial charge in [0.05, 0.1) is 0 Å². The number of hydrogen-bond donors (Lipinski definition) is 0. The van der Waals surface area contributed by atoms with Crippen molar-refractivity contribution in [3.8, 4) is 5.75 Å². The number of ether oxygens (including phenoxy) is 1. The number of carbonyl (C=O) groups is 1. The van der Waals surface area contributed by atoms with Crippen LogP contribution in [0.15, 0.2) is 24.3 Å². The van der Waals surface area contributed by atoms with Crippen molar-refractivity contribution < 1.29 is 22.7 Å². The van der Waals surface area contributed by atoms with Crippen molar-refractivity contribution in [1.29, 1.82) is 0 Å². The minimum absolute atomic E-state index is 0.0437. The third-order valence-corrected chi connectivity index (χ3v) is 3.18. The Balaban J connectivity index is 2.15. The average molecular weight is 258 g/mol. The molecule has 2 nitrogen and oxygen atoms in total. The van der Waals surface area contributed by atoms with E-state index < -0.39 is 6.36 Å². The molecule has 18 heavy (non-hydrogen) atoms. The predicted octanol–water partition coefficient (Wildman–Crippen LogP) is 3.81. The van der Waals surface area contributed by atoms with E-state index in [1.807, 2.05) is 13.8 Å². The van der Waals surface area contributed by atoms with Crippen molar-refractivity contribution in [2.75, 3.05) is 0 Å². The summed E-state index contributed by atoms with van der Waals surface area (Å²) in [5, 5.41) is 0. The Morgan fingerprint density at radius 1 is 1.39 bits per heavy atom. The van der Waals surface area contributed by atoms with Gasteiger partial charge in [0.15, 0.2) is 5.78 Å². The first kappa shape index (κ1) is 12.9. The number of alkyl halides is 3. The van der Waals surface area contributed by atoms with Crippen molar-refractivity contribution in [3.63, 3.8) is 0 Å². The van der Waals surface area contributed by atoms with Crippen LogP contribution < -0.4 is 4.74 Å². The maximum atomic E-state index is 12.1. The first-order chi connectivity index (χ1) is 8.19. The Hall–Kier alpha value is -1.52. The summed E-state index contributed by atoms with van der Waals surface area (Å²) < 4.78 is 40.0. The molecule has 0 amide bonds. The van der Waals surface area contributed by atoms with Gasteiger partial charge in [-0.05, 0) is 24.0 Å². The second kappa shape index (κ2) is 4.00. The van der Waals surface area contributed by atoms with Gasteiger partial charge in [-0.25, -0.2) is 0 Å². The second-order valence-electron chi connectivity index (χ2n) is 5.19. The zero-order chi connectivity index (χ0) is 13.6. The summed E-state index contributed by atoms with van der Waals surface area (Å²) in [5.74, 6) is -0.571. The van der Waals surface area contributed by atoms with Gasteiger partial charge in [0, 0.05) is 11.5 Å². The van der Waals surface area contributed by atoms with Gasteiger partial charge in [-0.3, -0.25) is 4.79 Å². The van der Waals surface area contributed by atoms with Crippen molar-refractivity contribution >= 4 is 5.78 Å². The molecule has 1 aromatic carbocycles. The Labute approximate surface area is 103 Å². The minimum Gasteiger partial charge on any atom is -0.406 e. The normalized spacial score (nSPS) is 21.5. The third-order valence-electron chi connectivity index (χ3n) is 3.18. The van der Waals surface area contributed by atoms with Gasteiger partial charge in [-0.15, -0.1) is 13.2 Å². The Morgan fingerprint density at radius 2 is 2.00 bits per heavy atom. The highest BCUT2D eigenvalue weighted by Gasteiger charge is 2.50. The molecule has 0 saturated heterocycles. The molecular weight excluding hydrogens is 245 g/mol. The van der Waals surface area contributed by atoms with Gasteiger partial charge >= 0.3 is 6.36 Å². The molecule has 1 aliphatic carbocycles. The molecule has 1 unspecified atom stereocenters. The molecule has 0 aliphatic heterocycles. The molecule has 0 N–H and O–H groups in total. The summed E-state index contributed by atoms with van der Waals surface area (Å²) in [6.07, 6.45) is -3.96. The quantitative estimate of drug-likeness (QED) is 0.770. The molecule has 1 aromatic rings. The fraction of sp³-hybridized carbons (Fsp3) is 0.462. The first-order valence-electron chi connectivity index (χ1n) is 5.59. The van der Waals surface area contributed by atoms with E-state index in [2.05, 4.69) is 4.74 Å². The van der Waals surface area contributed by atoms with Crippen LogP contribution in [0.2, 0.25) is 0 Å². The molecule has 5 heteroatoms. The largest absolute Gasteiger partial charge is 0.573 e. The third kappa shape index (κ3) is 2.83. The molecule has 2 rings (SSSR count). The van der Waals surface area contributed by atoms with Gasteiger partial charge in [0.1, 0.15) is 5.75 Å². The highest BCUT2D eigenvalue weighted by Crippen LogP contribution is 2.53. The van der Waals surface area contributed by atoms with Crippen molar-refractivity contribution in [1.82, 2.24) is 0 Å². The molecule has 0 heterocycles. The summed E-state index contributed by atoms with van der Waals surface area (Å²) >= 11 is 0. The standard InChI is InChI=1S/C13H13F3O2/c1-12(2)7-10(12)11(17)8-4-3-5-9(6-8)18-13(14,15)16/h3-6,10H,7H2,1-2H3. The van der Waals surface area contributed by atoms with Gasteiger partial charge in [-0.2, -0.15) is 0 Å². The highest BCUT2D eigenvalue weighted by molar-refractivity contribution is 6.00. The van der Waals surface area contributed by atoms with Crippen LogP contribution in [0.3, 0.4) is 0 Å². The predicted molar refractivity (Wildman–Crippen MR) is 59.3 cm³/mol. The lowest BCUT2D eigenvalue weighted by Crippen LogP contribution is -2.17. The number of Topliss-reactive ketones (excluding diaryl/α,β-unsaturated/α-hetero) is 1. The van der Waals surface area contributed by atoms with Gasteiger partial charge in [-0.1, -0.05) is 26.0 Å². The molecule has 1 aliphatic rings. The molecular formula is C13H13F3O2. The van der Waals surface area contributed by atoms with Crippen LogP contribution in [0.4, 0.5) is 13.2 Å². The van der Waals surface area contributed by atoms with Gasteiger partial charge in [0.2, 0.25) is 0 Å². The molecule has 1 fully saturated rings. The molecule has 0 aromatic heterocycles. The lowest BCUT2D eigenvalue weighted by atomic mass is 10.0. The summed E-state index contributed by atoms with van der Waals surface area (Å²) in [5.41, 5.74) is 0.227. The number of benzene rings is 1. The maximum absolute atomic E-state index is 12.1. The van der Waals surface area contributed by atoms with Crippen molar-refractivity contribution in [3.05, 3.63) is 29.8 Å². The molecule has 0 radical (unpaired) electrons. The summed E-state index contributed by atoms with van der Waals surface area (Å²) in [4.78, 5) is 12.0. The van der Waals surface area contributed by atoms with E-state index in [1.165, 1.54) is 18.2 Å². The highest BCUT2D eigenvalue weighted by atomic mass is 19.4. The average Bonchev–Trinajstić information content (AvgIpc) is 2.84. The fourth-order valence-corrected chi connectivity index (χ4v) is 1.96. The number of rotatable bonds is 3. The van der Waals surface area contributed by atoms with Crippen LogP contribution >= 0.6 is 0 Å². The van der Waals surface area contributed by atoms with Gasteiger partial charge in [0.25, 0.3) is 0 Å². The van der Waals surface area contributed by atoms with E-state index >= 15 is 0 Å².